The van der Waals surface area contributed by atoms with Gasteiger partial charge >= 0.3 is 0 Å². The lowest BCUT2D eigenvalue weighted by atomic mass is 10.1. The molecule has 1 saturated heterocycles. The van der Waals surface area contributed by atoms with Gasteiger partial charge < -0.3 is 10.1 Å². The van der Waals surface area contributed by atoms with Crippen molar-refractivity contribution < 1.29 is 13.2 Å². The summed E-state index contributed by atoms with van der Waals surface area (Å²) in [6, 6.07) is 7.62. The third kappa shape index (κ3) is 3.95. The van der Waals surface area contributed by atoms with Crippen molar-refractivity contribution in [2.24, 2.45) is 0 Å². The third-order valence-corrected chi connectivity index (χ3v) is 7.40. The molecule has 1 saturated carbocycles. The van der Waals surface area contributed by atoms with Crippen LogP contribution in [0, 0.1) is 0 Å². The molecule has 2 atom stereocenters. The van der Waals surface area contributed by atoms with Crippen LogP contribution in [-0.2, 0) is 14.6 Å². The second-order valence-electron chi connectivity index (χ2n) is 6.79. The molecule has 1 N–H and O–H groups in total. The molecule has 1 aliphatic heterocycles. The number of hydrogen-bond acceptors (Lipinski definition) is 4. The Morgan fingerprint density at radius 2 is 1.83 bits per heavy atom. The molecule has 0 radical (unpaired) electrons. The molecule has 0 bridgehead atoms. The van der Waals surface area contributed by atoms with Gasteiger partial charge in [0.25, 0.3) is 0 Å². The van der Waals surface area contributed by atoms with Crippen LogP contribution in [0.25, 0.3) is 0 Å². The molecular formula is C18H27NO3S. The van der Waals surface area contributed by atoms with Crippen LogP contribution in [0.5, 0.6) is 0 Å². The molecule has 0 unspecified atom stereocenters. The smallest absolute Gasteiger partial charge is 0.181 e. The standard InChI is InChI=1S/C18H27NO3S/c1-14(19-13-16-5-4-12-22-16)15-8-10-18(11-9-15)23(20,21)17-6-2-3-7-17/h8-11,14,16-17,19H,2-7,12-13H2,1H3/t14-,16-/m1/s1. The zero-order chi connectivity index (χ0) is 16.3. The Balaban J connectivity index is 1.61. The Hall–Kier alpha value is -0.910. The predicted molar refractivity (Wildman–Crippen MR) is 91.3 cm³/mol. The minimum atomic E-state index is -3.15. The summed E-state index contributed by atoms with van der Waals surface area (Å²) >= 11 is 0. The topological polar surface area (TPSA) is 55.4 Å². The summed E-state index contributed by atoms with van der Waals surface area (Å²) in [4.78, 5) is 0.472. The van der Waals surface area contributed by atoms with Crippen LogP contribution in [0.4, 0.5) is 0 Å². The van der Waals surface area contributed by atoms with Gasteiger partial charge in [0.05, 0.1) is 16.2 Å². The lowest BCUT2D eigenvalue weighted by Crippen LogP contribution is -2.28. The first-order valence-corrected chi connectivity index (χ1v) is 10.3. The average molecular weight is 337 g/mol. The number of rotatable bonds is 6. The Kier molecular flexibility index (Phi) is 5.39. The van der Waals surface area contributed by atoms with Crippen molar-refractivity contribution >= 4 is 9.84 Å². The molecular weight excluding hydrogens is 310 g/mol. The van der Waals surface area contributed by atoms with Gasteiger partial charge in [0, 0.05) is 19.2 Å². The highest BCUT2D eigenvalue weighted by molar-refractivity contribution is 7.92. The largest absolute Gasteiger partial charge is 0.377 e. The number of benzene rings is 1. The zero-order valence-electron chi connectivity index (χ0n) is 13.8. The molecule has 1 aromatic rings. The summed E-state index contributed by atoms with van der Waals surface area (Å²) < 4.78 is 30.8. The number of nitrogens with one attached hydrogen (secondary N) is 1. The van der Waals surface area contributed by atoms with E-state index < -0.39 is 9.84 Å². The Labute approximate surface area is 139 Å². The maximum atomic E-state index is 12.6. The lowest BCUT2D eigenvalue weighted by molar-refractivity contribution is 0.108. The summed E-state index contributed by atoms with van der Waals surface area (Å²) in [5.41, 5.74) is 1.12. The van der Waals surface area contributed by atoms with Gasteiger partial charge in [0.1, 0.15) is 0 Å². The minimum absolute atomic E-state index is 0.177. The van der Waals surface area contributed by atoms with Crippen molar-refractivity contribution in [3.8, 4) is 0 Å². The van der Waals surface area contributed by atoms with E-state index in [0.717, 1.165) is 57.2 Å². The summed E-state index contributed by atoms with van der Waals surface area (Å²) in [6.45, 7) is 3.83. The second-order valence-corrected chi connectivity index (χ2v) is 9.01. The van der Waals surface area contributed by atoms with Gasteiger partial charge in [0.15, 0.2) is 9.84 Å². The summed E-state index contributed by atoms with van der Waals surface area (Å²) in [5, 5.41) is 3.30. The molecule has 2 aliphatic rings. The van der Waals surface area contributed by atoms with E-state index in [2.05, 4.69) is 12.2 Å². The molecule has 0 amide bonds. The fourth-order valence-corrected chi connectivity index (χ4v) is 5.42. The lowest BCUT2D eigenvalue weighted by Gasteiger charge is -2.18. The first-order valence-electron chi connectivity index (χ1n) is 8.76. The molecule has 4 nitrogen and oxygen atoms in total. The van der Waals surface area contributed by atoms with Crippen LogP contribution in [0.2, 0.25) is 0 Å². The van der Waals surface area contributed by atoms with Crippen LogP contribution < -0.4 is 5.32 Å². The van der Waals surface area contributed by atoms with Gasteiger partial charge in [-0.3, -0.25) is 0 Å². The maximum Gasteiger partial charge on any atom is 0.181 e. The van der Waals surface area contributed by atoms with Crippen molar-refractivity contribution in [2.75, 3.05) is 13.2 Å². The first-order chi connectivity index (χ1) is 11.1. The Morgan fingerprint density at radius 1 is 1.13 bits per heavy atom. The van der Waals surface area contributed by atoms with Gasteiger partial charge in [0.2, 0.25) is 0 Å². The van der Waals surface area contributed by atoms with Crippen LogP contribution in [0.15, 0.2) is 29.2 Å². The second kappa shape index (κ2) is 7.32. The summed E-state index contributed by atoms with van der Waals surface area (Å²) in [5.74, 6) is 0. The molecule has 0 spiro atoms. The van der Waals surface area contributed by atoms with Crippen molar-refractivity contribution in [3.63, 3.8) is 0 Å². The fraction of sp³-hybridized carbons (Fsp3) is 0.667. The molecule has 2 fully saturated rings. The van der Waals surface area contributed by atoms with E-state index in [1.807, 2.05) is 12.1 Å². The average Bonchev–Trinajstić information content (AvgIpc) is 3.26. The van der Waals surface area contributed by atoms with E-state index in [1.165, 1.54) is 0 Å². The molecule has 3 rings (SSSR count). The van der Waals surface area contributed by atoms with Gasteiger partial charge in [-0.05, 0) is 50.3 Å². The molecule has 5 heteroatoms. The highest BCUT2D eigenvalue weighted by Crippen LogP contribution is 2.30. The zero-order valence-corrected chi connectivity index (χ0v) is 14.6. The molecule has 1 aromatic carbocycles. The van der Waals surface area contributed by atoms with Gasteiger partial charge in [-0.1, -0.05) is 25.0 Å². The van der Waals surface area contributed by atoms with E-state index in [1.54, 1.807) is 12.1 Å². The highest BCUT2D eigenvalue weighted by atomic mass is 32.2. The van der Waals surface area contributed by atoms with Crippen molar-refractivity contribution in [1.82, 2.24) is 5.32 Å². The van der Waals surface area contributed by atoms with Crippen molar-refractivity contribution in [2.45, 2.75) is 67.7 Å². The van der Waals surface area contributed by atoms with E-state index in [9.17, 15) is 8.42 Å². The monoisotopic (exact) mass is 337 g/mol. The molecule has 0 aromatic heterocycles. The molecule has 23 heavy (non-hydrogen) atoms. The predicted octanol–water partition coefficient (Wildman–Crippen LogP) is 3.23. The molecule has 1 aliphatic carbocycles. The van der Waals surface area contributed by atoms with Crippen molar-refractivity contribution in [3.05, 3.63) is 29.8 Å². The Bertz CT molecular complexity index is 600. The minimum Gasteiger partial charge on any atom is -0.377 e. The van der Waals surface area contributed by atoms with E-state index in [0.29, 0.717) is 11.0 Å². The highest BCUT2D eigenvalue weighted by Gasteiger charge is 2.30. The van der Waals surface area contributed by atoms with Gasteiger partial charge in [-0.2, -0.15) is 0 Å². The van der Waals surface area contributed by atoms with Gasteiger partial charge in [-0.15, -0.1) is 0 Å². The van der Waals surface area contributed by atoms with E-state index in [4.69, 9.17) is 4.74 Å². The number of ether oxygens (including phenoxy) is 1. The molecule has 128 valence electrons. The first kappa shape index (κ1) is 16.9. The fourth-order valence-electron chi connectivity index (χ4n) is 3.57. The molecule has 1 heterocycles. The Morgan fingerprint density at radius 3 is 2.43 bits per heavy atom. The summed E-state index contributed by atoms with van der Waals surface area (Å²) in [6.07, 6.45) is 6.28. The normalized spacial score (nSPS) is 24.1. The quantitative estimate of drug-likeness (QED) is 0.866. The van der Waals surface area contributed by atoms with Gasteiger partial charge in [-0.25, -0.2) is 8.42 Å². The van der Waals surface area contributed by atoms with E-state index in [-0.39, 0.29) is 11.3 Å². The maximum absolute atomic E-state index is 12.6. The SMILES string of the molecule is C[C@@H](NC[C@H]1CCCO1)c1ccc(S(=O)(=O)C2CCCC2)cc1. The summed E-state index contributed by atoms with van der Waals surface area (Å²) in [7, 11) is -3.15. The third-order valence-electron chi connectivity index (χ3n) is 5.13. The van der Waals surface area contributed by atoms with Crippen LogP contribution in [0.1, 0.15) is 57.1 Å². The number of sulfone groups is 1. The van der Waals surface area contributed by atoms with Crippen LogP contribution in [0.3, 0.4) is 0 Å². The van der Waals surface area contributed by atoms with Crippen molar-refractivity contribution in [1.29, 1.82) is 0 Å². The number of hydrogen-bond donors (Lipinski definition) is 1. The van der Waals surface area contributed by atoms with Crippen LogP contribution >= 0.6 is 0 Å². The van der Waals surface area contributed by atoms with E-state index >= 15 is 0 Å². The van der Waals surface area contributed by atoms with Crippen LogP contribution in [-0.4, -0.2) is 32.9 Å².